The van der Waals surface area contributed by atoms with Gasteiger partial charge in [0, 0.05) is 30.1 Å². The normalized spacial score (nSPS) is 19.3. The molecule has 0 spiro atoms. The molecule has 0 bridgehead atoms. The molecule has 2 N–H and O–H groups in total. The van der Waals surface area contributed by atoms with Crippen LogP contribution in [-0.2, 0) is 9.84 Å². The minimum atomic E-state index is -2.99. The van der Waals surface area contributed by atoms with Crippen LogP contribution in [0.1, 0.15) is 46.0 Å². The number of aliphatic hydroxyl groups is 1. The zero-order valence-corrected chi connectivity index (χ0v) is 20.9. The molecule has 8 nitrogen and oxygen atoms in total. The maximum Gasteiger partial charge on any atom is 0.224 e. The molecule has 0 radical (unpaired) electrons. The first kappa shape index (κ1) is 24.5. The van der Waals surface area contributed by atoms with E-state index in [1.54, 1.807) is 6.20 Å². The van der Waals surface area contributed by atoms with Gasteiger partial charge in [-0.05, 0) is 76.1 Å². The molecule has 1 aliphatic carbocycles. The Hall–Kier alpha value is -2.65. The Bertz CT molecular complexity index is 1230. The van der Waals surface area contributed by atoms with Crippen LogP contribution >= 0.6 is 0 Å². The standard InChI is InChI=1S/C25H34N4O4S/c1-25(2,30)18-8-10-19(11-9-18)27-24-26-14-12-23(28-24)29-15-13-20-21(29)6-4-7-22(20)33-16-5-17-34(3,31)32/h4,6-7,12-15,18-19,30H,5,8-11,16-17H2,1-3H3,(H,26,27,28). The molecule has 0 unspecified atom stereocenters. The summed E-state index contributed by atoms with van der Waals surface area (Å²) in [4.78, 5) is 9.16. The third-order valence-corrected chi connectivity index (χ3v) is 7.59. The van der Waals surface area contributed by atoms with Gasteiger partial charge in [-0.3, -0.25) is 0 Å². The molecule has 34 heavy (non-hydrogen) atoms. The summed E-state index contributed by atoms with van der Waals surface area (Å²) in [6, 6.07) is 9.97. The predicted molar refractivity (Wildman–Crippen MR) is 134 cm³/mol. The summed E-state index contributed by atoms with van der Waals surface area (Å²) in [5.74, 6) is 2.51. The van der Waals surface area contributed by atoms with Crippen LogP contribution in [0.3, 0.4) is 0 Å². The molecule has 2 heterocycles. The fraction of sp³-hybridized carbons (Fsp3) is 0.520. The summed E-state index contributed by atoms with van der Waals surface area (Å²) < 4.78 is 30.5. The van der Waals surface area contributed by atoms with Crippen LogP contribution in [0.15, 0.2) is 42.7 Å². The van der Waals surface area contributed by atoms with E-state index in [1.807, 2.05) is 54.9 Å². The number of benzene rings is 1. The highest BCUT2D eigenvalue weighted by molar-refractivity contribution is 7.90. The van der Waals surface area contributed by atoms with Crippen molar-refractivity contribution in [3.05, 3.63) is 42.7 Å². The number of nitrogens with one attached hydrogen (secondary N) is 1. The van der Waals surface area contributed by atoms with E-state index in [0.717, 1.165) is 48.2 Å². The molecule has 0 aliphatic heterocycles. The van der Waals surface area contributed by atoms with Crippen molar-refractivity contribution < 1.29 is 18.3 Å². The Morgan fingerprint density at radius 2 is 1.94 bits per heavy atom. The minimum Gasteiger partial charge on any atom is -0.493 e. The summed E-state index contributed by atoms with van der Waals surface area (Å²) in [7, 11) is -2.99. The number of sulfone groups is 1. The number of anilines is 1. The molecule has 1 aromatic carbocycles. The number of aromatic nitrogens is 3. The van der Waals surface area contributed by atoms with Gasteiger partial charge >= 0.3 is 0 Å². The van der Waals surface area contributed by atoms with Crippen LogP contribution in [-0.4, -0.2) is 58.3 Å². The van der Waals surface area contributed by atoms with Gasteiger partial charge in [-0.25, -0.2) is 13.4 Å². The lowest BCUT2D eigenvalue weighted by atomic mass is 9.77. The summed E-state index contributed by atoms with van der Waals surface area (Å²) in [6.07, 6.45) is 9.32. The van der Waals surface area contributed by atoms with Gasteiger partial charge in [0.2, 0.25) is 5.95 Å². The van der Waals surface area contributed by atoms with Crippen molar-refractivity contribution in [3.63, 3.8) is 0 Å². The molecule has 4 rings (SSSR count). The van der Waals surface area contributed by atoms with Crippen molar-refractivity contribution in [2.45, 2.75) is 57.6 Å². The molecule has 9 heteroatoms. The van der Waals surface area contributed by atoms with E-state index in [9.17, 15) is 13.5 Å². The zero-order valence-electron chi connectivity index (χ0n) is 20.1. The summed E-state index contributed by atoms with van der Waals surface area (Å²) in [5.41, 5.74) is 0.323. The minimum absolute atomic E-state index is 0.111. The number of nitrogens with zero attached hydrogens (tertiary/aromatic N) is 3. The summed E-state index contributed by atoms with van der Waals surface area (Å²) in [6.45, 7) is 4.13. The van der Waals surface area contributed by atoms with Gasteiger partial charge in [0.1, 0.15) is 21.4 Å². The lowest BCUT2D eigenvalue weighted by Crippen LogP contribution is -2.37. The molecule has 1 saturated carbocycles. The lowest BCUT2D eigenvalue weighted by molar-refractivity contribution is -0.000415. The van der Waals surface area contributed by atoms with E-state index in [0.29, 0.717) is 30.9 Å². The quantitative estimate of drug-likeness (QED) is 0.441. The average molecular weight is 487 g/mol. The topological polar surface area (TPSA) is 106 Å². The molecule has 0 atom stereocenters. The molecule has 184 valence electrons. The highest BCUT2D eigenvalue weighted by Crippen LogP contribution is 2.33. The predicted octanol–water partition coefficient (Wildman–Crippen LogP) is 3.98. The third-order valence-electron chi connectivity index (χ3n) is 6.56. The molecular formula is C25H34N4O4S. The summed E-state index contributed by atoms with van der Waals surface area (Å²) >= 11 is 0. The third kappa shape index (κ3) is 6.07. The molecule has 0 saturated heterocycles. The molecule has 0 amide bonds. The van der Waals surface area contributed by atoms with Gasteiger partial charge in [0.15, 0.2) is 0 Å². The molecule has 1 aliphatic rings. The van der Waals surface area contributed by atoms with Crippen LogP contribution in [0.25, 0.3) is 16.7 Å². The fourth-order valence-electron chi connectivity index (χ4n) is 4.65. The van der Waals surface area contributed by atoms with Crippen molar-refractivity contribution in [1.29, 1.82) is 0 Å². The Balaban J connectivity index is 1.45. The number of fused-ring (bicyclic) bond motifs is 1. The summed E-state index contributed by atoms with van der Waals surface area (Å²) in [5, 5.41) is 14.7. The van der Waals surface area contributed by atoms with Crippen molar-refractivity contribution >= 4 is 26.7 Å². The van der Waals surface area contributed by atoms with Gasteiger partial charge in [-0.15, -0.1) is 0 Å². The SMILES string of the molecule is CC(C)(O)C1CCC(Nc2nccc(-n3ccc4c(OCCCS(C)(=O)=O)cccc43)n2)CC1. The zero-order chi connectivity index (χ0) is 24.3. The Kier molecular flexibility index (Phi) is 7.14. The molecule has 2 aromatic heterocycles. The highest BCUT2D eigenvalue weighted by atomic mass is 32.2. The lowest BCUT2D eigenvalue weighted by Gasteiger charge is -2.36. The van der Waals surface area contributed by atoms with E-state index in [-0.39, 0.29) is 5.75 Å². The Morgan fingerprint density at radius 3 is 2.65 bits per heavy atom. The van der Waals surface area contributed by atoms with Gasteiger partial charge < -0.3 is 19.7 Å². The van der Waals surface area contributed by atoms with Crippen LogP contribution in [0.2, 0.25) is 0 Å². The number of rotatable bonds is 9. The second-order valence-corrected chi connectivity index (χ2v) is 12.1. The van der Waals surface area contributed by atoms with E-state index in [1.165, 1.54) is 6.26 Å². The monoisotopic (exact) mass is 486 g/mol. The average Bonchev–Trinajstić information content (AvgIpc) is 3.21. The number of hydrogen-bond donors (Lipinski definition) is 2. The van der Waals surface area contributed by atoms with Crippen molar-refractivity contribution in [3.8, 4) is 11.6 Å². The van der Waals surface area contributed by atoms with Gasteiger partial charge in [0.25, 0.3) is 0 Å². The van der Waals surface area contributed by atoms with E-state index >= 15 is 0 Å². The second kappa shape index (κ2) is 9.92. The maximum absolute atomic E-state index is 11.3. The molecular weight excluding hydrogens is 452 g/mol. The van der Waals surface area contributed by atoms with Gasteiger partial charge in [-0.1, -0.05) is 6.07 Å². The van der Waals surface area contributed by atoms with Crippen molar-refractivity contribution in [1.82, 2.24) is 14.5 Å². The van der Waals surface area contributed by atoms with Crippen LogP contribution in [0, 0.1) is 5.92 Å². The first-order valence-corrected chi connectivity index (χ1v) is 13.9. The van der Waals surface area contributed by atoms with Crippen LogP contribution in [0.4, 0.5) is 5.95 Å². The Labute approximate surface area is 201 Å². The van der Waals surface area contributed by atoms with E-state index in [2.05, 4.69) is 10.3 Å². The fourth-order valence-corrected chi connectivity index (χ4v) is 5.29. The highest BCUT2D eigenvalue weighted by Gasteiger charge is 2.31. The van der Waals surface area contributed by atoms with Crippen molar-refractivity contribution in [2.24, 2.45) is 5.92 Å². The van der Waals surface area contributed by atoms with Crippen molar-refractivity contribution in [2.75, 3.05) is 23.9 Å². The Morgan fingerprint density at radius 1 is 1.18 bits per heavy atom. The maximum atomic E-state index is 11.3. The first-order valence-electron chi connectivity index (χ1n) is 11.8. The smallest absolute Gasteiger partial charge is 0.224 e. The van der Waals surface area contributed by atoms with Crippen LogP contribution in [0.5, 0.6) is 5.75 Å². The van der Waals surface area contributed by atoms with Crippen LogP contribution < -0.4 is 10.1 Å². The number of hydrogen-bond acceptors (Lipinski definition) is 7. The van der Waals surface area contributed by atoms with Gasteiger partial charge in [-0.2, -0.15) is 4.98 Å². The second-order valence-electron chi connectivity index (χ2n) is 9.79. The van der Waals surface area contributed by atoms with E-state index < -0.39 is 15.4 Å². The molecule has 1 fully saturated rings. The number of ether oxygens (including phenoxy) is 1. The largest absolute Gasteiger partial charge is 0.493 e. The molecule has 3 aromatic rings. The van der Waals surface area contributed by atoms with Gasteiger partial charge in [0.05, 0.1) is 23.5 Å². The van der Waals surface area contributed by atoms with E-state index in [4.69, 9.17) is 9.72 Å². The first-order chi connectivity index (χ1) is 16.1.